The van der Waals surface area contributed by atoms with Crippen LogP contribution in [0.3, 0.4) is 0 Å². The summed E-state index contributed by atoms with van der Waals surface area (Å²) in [4.78, 5) is 41.3. The number of nitrogens with zero attached hydrogens (tertiary/aromatic N) is 2. The molecule has 2 rings (SSSR count). The Balaban J connectivity index is 2.54. The second-order valence-corrected chi connectivity index (χ2v) is 6.87. The number of carbonyl (C=O) groups excluding carboxylic acids is 1. The van der Waals surface area contributed by atoms with E-state index < -0.39 is 11.2 Å². The highest BCUT2D eigenvalue weighted by atomic mass is 16.5. The van der Waals surface area contributed by atoms with Crippen molar-refractivity contribution in [2.75, 3.05) is 30.9 Å². The maximum atomic E-state index is 13.2. The van der Waals surface area contributed by atoms with Gasteiger partial charge < -0.3 is 10.5 Å². The summed E-state index contributed by atoms with van der Waals surface area (Å²) in [6, 6.07) is 7.23. The number of H-pyrrole nitrogens is 1. The highest BCUT2D eigenvalue weighted by Crippen LogP contribution is 2.21. The Morgan fingerprint density at radius 2 is 1.89 bits per heavy atom. The molecule has 0 saturated carbocycles. The van der Waals surface area contributed by atoms with Gasteiger partial charge in [-0.1, -0.05) is 32.9 Å². The van der Waals surface area contributed by atoms with Crippen molar-refractivity contribution in [2.45, 2.75) is 39.7 Å². The Morgan fingerprint density at radius 3 is 2.43 bits per heavy atom. The standard InChI is InChI=1S/C20H28N4O4/c1-5-10-24-17(21)16(18(25)22-20(24)27)23(11-12-28-4)19(26)15-8-6-14(7-9-15)13(2)3/h6-9,13H,5,10-12,21H2,1-4H3,(H,22,25,27). The third kappa shape index (κ3) is 4.51. The third-order valence-corrected chi connectivity index (χ3v) is 4.52. The fourth-order valence-corrected chi connectivity index (χ4v) is 2.95. The number of aromatic amines is 1. The number of hydrogen-bond acceptors (Lipinski definition) is 5. The first-order chi connectivity index (χ1) is 13.3. The molecule has 0 saturated heterocycles. The average molecular weight is 388 g/mol. The molecule has 28 heavy (non-hydrogen) atoms. The van der Waals surface area contributed by atoms with E-state index in [0.717, 1.165) is 5.56 Å². The van der Waals surface area contributed by atoms with E-state index >= 15 is 0 Å². The molecule has 0 aliphatic rings. The van der Waals surface area contributed by atoms with Crippen molar-refractivity contribution >= 4 is 17.4 Å². The molecule has 1 aromatic carbocycles. The van der Waals surface area contributed by atoms with Gasteiger partial charge in [0.05, 0.1) is 6.61 Å². The fourth-order valence-electron chi connectivity index (χ4n) is 2.95. The summed E-state index contributed by atoms with van der Waals surface area (Å²) in [6.45, 7) is 6.70. The minimum Gasteiger partial charge on any atom is -0.383 e. The third-order valence-electron chi connectivity index (χ3n) is 4.52. The SMILES string of the molecule is CCCn1c(N)c(N(CCOC)C(=O)c2ccc(C(C)C)cc2)c(=O)[nH]c1=O. The van der Waals surface area contributed by atoms with Gasteiger partial charge >= 0.3 is 5.69 Å². The van der Waals surface area contributed by atoms with E-state index in [1.807, 2.05) is 19.1 Å². The molecular weight excluding hydrogens is 360 g/mol. The number of rotatable bonds is 8. The van der Waals surface area contributed by atoms with E-state index in [2.05, 4.69) is 18.8 Å². The summed E-state index contributed by atoms with van der Waals surface area (Å²) in [5, 5.41) is 0. The maximum absolute atomic E-state index is 13.2. The van der Waals surface area contributed by atoms with Crippen molar-refractivity contribution in [3.63, 3.8) is 0 Å². The first-order valence-electron chi connectivity index (χ1n) is 9.35. The van der Waals surface area contributed by atoms with E-state index in [4.69, 9.17) is 10.5 Å². The normalized spacial score (nSPS) is 11.0. The van der Waals surface area contributed by atoms with E-state index in [-0.39, 0.29) is 30.6 Å². The van der Waals surface area contributed by atoms with Crippen molar-refractivity contribution in [3.8, 4) is 0 Å². The molecule has 1 aromatic heterocycles. The van der Waals surface area contributed by atoms with Crippen LogP contribution >= 0.6 is 0 Å². The highest BCUT2D eigenvalue weighted by molar-refractivity contribution is 6.07. The number of nitrogens with one attached hydrogen (secondary N) is 1. The molecule has 152 valence electrons. The predicted molar refractivity (Wildman–Crippen MR) is 110 cm³/mol. The largest absolute Gasteiger partial charge is 0.383 e. The lowest BCUT2D eigenvalue weighted by atomic mass is 10.0. The van der Waals surface area contributed by atoms with E-state index in [1.165, 1.54) is 16.6 Å². The van der Waals surface area contributed by atoms with Crippen molar-refractivity contribution in [2.24, 2.45) is 0 Å². The number of anilines is 2. The van der Waals surface area contributed by atoms with Crippen LogP contribution in [0.4, 0.5) is 11.5 Å². The van der Waals surface area contributed by atoms with E-state index in [1.54, 1.807) is 12.1 Å². The van der Waals surface area contributed by atoms with Crippen LogP contribution in [0.2, 0.25) is 0 Å². The maximum Gasteiger partial charge on any atom is 0.330 e. The van der Waals surface area contributed by atoms with Gasteiger partial charge in [0.1, 0.15) is 5.82 Å². The zero-order chi connectivity index (χ0) is 20.8. The van der Waals surface area contributed by atoms with Crippen molar-refractivity contribution < 1.29 is 9.53 Å². The molecule has 0 bridgehead atoms. The lowest BCUT2D eigenvalue weighted by molar-refractivity contribution is 0.0975. The van der Waals surface area contributed by atoms with Crippen LogP contribution in [0.1, 0.15) is 49.0 Å². The molecule has 1 amide bonds. The monoisotopic (exact) mass is 388 g/mol. The van der Waals surface area contributed by atoms with Crippen LogP contribution in [0, 0.1) is 0 Å². The lowest BCUT2D eigenvalue weighted by Crippen LogP contribution is -2.42. The quantitative estimate of drug-likeness (QED) is 0.718. The Hall–Kier alpha value is -2.87. The molecule has 8 nitrogen and oxygen atoms in total. The van der Waals surface area contributed by atoms with Crippen LogP contribution in [0.15, 0.2) is 33.9 Å². The molecule has 0 aliphatic carbocycles. The summed E-state index contributed by atoms with van der Waals surface area (Å²) >= 11 is 0. The number of ether oxygens (including phenoxy) is 1. The Labute approximate surface area is 163 Å². The van der Waals surface area contributed by atoms with Gasteiger partial charge in [-0.05, 0) is 30.0 Å². The van der Waals surface area contributed by atoms with Gasteiger partial charge in [-0.2, -0.15) is 0 Å². The first kappa shape index (κ1) is 21.4. The van der Waals surface area contributed by atoms with Crippen LogP contribution in [0.5, 0.6) is 0 Å². The number of carbonyl (C=O) groups is 1. The Kier molecular flexibility index (Phi) is 7.17. The van der Waals surface area contributed by atoms with Crippen molar-refractivity contribution in [3.05, 3.63) is 56.2 Å². The molecule has 0 spiro atoms. The molecule has 3 N–H and O–H groups in total. The van der Waals surface area contributed by atoms with Gasteiger partial charge in [-0.25, -0.2) is 4.79 Å². The van der Waals surface area contributed by atoms with Gasteiger partial charge in [-0.3, -0.25) is 24.0 Å². The van der Waals surface area contributed by atoms with Gasteiger partial charge in [0.15, 0.2) is 5.69 Å². The number of hydrogen-bond donors (Lipinski definition) is 2. The summed E-state index contributed by atoms with van der Waals surface area (Å²) in [7, 11) is 1.51. The number of aromatic nitrogens is 2. The van der Waals surface area contributed by atoms with Gasteiger partial charge in [0.25, 0.3) is 11.5 Å². The minimum atomic E-state index is -0.696. The predicted octanol–water partition coefficient (Wildman–Crippen LogP) is 1.95. The summed E-state index contributed by atoms with van der Waals surface area (Å²) in [6.07, 6.45) is 0.651. The van der Waals surface area contributed by atoms with E-state index in [9.17, 15) is 14.4 Å². The molecular formula is C20H28N4O4. The molecule has 0 atom stereocenters. The van der Waals surface area contributed by atoms with Crippen LogP contribution in [-0.4, -0.2) is 35.7 Å². The topological polar surface area (TPSA) is 110 Å². The molecule has 0 unspecified atom stereocenters. The molecule has 0 aliphatic heterocycles. The van der Waals surface area contributed by atoms with Gasteiger partial charge in [0, 0.05) is 25.8 Å². The van der Waals surface area contributed by atoms with Gasteiger partial charge in [0.2, 0.25) is 0 Å². The summed E-state index contributed by atoms with van der Waals surface area (Å²) in [5.74, 6) is -0.0741. The summed E-state index contributed by atoms with van der Waals surface area (Å²) < 4.78 is 6.37. The zero-order valence-corrected chi connectivity index (χ0v) is 16.8. The number of amides is 1. The fraction of sp³-hybridized carbons (Fsp3) is 0.450. The molecule has 1 heterocycles. The van der Waals surface area contributed by atoms with Crippen LogP contribution < -0.4 is 21.9 Å². The lowest BCUT2D eigenvalue weighted by Gasteiger charge is -2.24. The average Bonchev–Trinajstić information content (AvgIpc) is 2.67. The molecule has 0 fully saturated rings. The highest BCUT2D eigenvalue weighted by Gasteiger charge is 2.25. The first-order valence-corrected chi connectivity index (χ1v) is 9.35. The molecule has 2 aromatic rings. The van der Waals surface area contributed by atoms with Gasteiger partial charge in [-0.15, -0.1) is 0 Å². The number of nitrogen functional groups attached to an aromatic ring is 1. The number of benzene rings is 1. The zero-order valence-electron chi connectivity index (χ0n) is 16.8. The summed E-state index contributed by atoms with van der Waals surface area (Å²) in [5.41, 5.74) is 6.34. The second-order valence-electron chi connectivity index (χ2n) is 6.87. The molecule has 8 heteroatoms. The van der Waals surface area contributed by atoms with E-state index in [0.29, 0.717) is 24.4 Å². The number of nitrogens with two attached hydrogens (primary N) is 1. The second kappa shape index (κ2) is 9.36. The minimum absolute atomic E-state index is 0.0288. The Bertz CT molecular complexity index is 929. The molecule has 0 radical (unpaired) electrons. The van der Waals surface area contributed by atoms with Crippen LogP contribution in [0.25, 0.3) is 0 Å². The van der Waals surface area contributed by atoms with Crippen molar-refractivity contribution in [1.29, 1.82) is 0 Å². The number of methoxy groups -OCH3 is 1. The Morgan fingerprint density at radius 1 is 1.25 bits per heavy atom. The smallest absolute Gasteiger partial charge is 0.330 e. The van der Waals surface area contributed by atoms with Crippen LogP contribution in [-0.2, 0) is 11.3 Å². The van der Waals surface area contributed by atoms with Crippen molar-refractivity contribution in [1.82, 2.24) is 9.55 Å².